The van der Waals surface area contributed by atoms with Gasteiger partial charge in [0.2, 0.25) is 10.0 Å². The zero-order valence-corrected chi connectivity index (χ0v) is 16.3. The van der Waals surface area contributed by atoms with Gasteiger partial charge in [-0.15, -0.1) is 0 Å². The average molecular weight is 415 g/mol. The van der Waals surface area contributed by atoms with Gasteiger partial charge in [-0.25, -0.2) is 18.1 Å². The number of benzene rings is 2. The molecular weight excluding hydrogens is 398 g/mol. The van der Waals surface area contributed by atoms with Gasteiger partial charge in [-0.2, -0.15) is 0 Å². The summed E-state index contributed by atoms with van der Waals surface area (Å²) in [6.07, 6.45) is 0. The van der Waals surface area contributed by atoms with Gasteiger partial charge in [0.1, 0.15) is 23.6 Å². The minimum atomic E-state index is -3.48. The number of thiazole rings is 1. The van der Waals surface area contributed by atoms with E-state index >= 15 is 0 Å². The number of phenols is 1. The number of phenolic OH excluding ortho intramolecular Hbond substituents is 1. The molecule has 3 aromatic rings. The van der Waals surface area contributed by atoms with Crippen LogP contribution in [0.15, 0.2) is 48.4 Å². The van der Waals surface area contributed by atoms with Crippen molar-refractivity contribution in [1.82, 2.24) is 9.71 Å². The molecule has 0 radical (unpaired) electrons. The van der Waals surface area contributed by atoms with Crippen molar-refractivity contribution in [3.63, 3.8) is 0 Å². The molecule has 28 heavy (non-hydrogen) atoms. The molecule has 7 nitrogen and oxygen atoms in total. The number of ether oxygens (including phenoxy) is 1. The third kappa shape index (κ3) is 5.01. The van der Waals surface area contributed by atoms with Gasteiger partial charge < -0.3 is 15.6 Å². The maximum Gasteiger partial charge on any atom is 0.233 e. The van der Waals surface area contributed by atoms with Crippen LogP contribution in [0.1, 0.15) is 11.1 Å². The Kier molecular flexibility index (Phi) is 5.84. The van der Waals surface area contributed by atoms with E-state index in [-0.39, 0.29) is 18.9 Å². The molecule has 0 aliphatic carbocycles. The zero-order valence-electron chi connectivity index (χ0n) is 14.7. The molecule has 3 rings (SSSR count). The summed E-state index contributed by atoms with van der Waals surface area (Å²) in [6, 6.07) is 10.4. The van der Waals surface area contributed by atoms with Crippen molar-refractivity contribution in [2.75, 3.05) is 12.3 Å². The van der Waals surface area contributed by atoms with Gasteiger partial charge in [-0.3, -0.25) is 0 Å². The lowest BCUT2D eigenvalue weighted by Gasteiger charge is -2.06. The van der Waals surface area contributed by atoms with Gasteiger partial charge in [-0.1, -0.05) is 41.9 Å². The smallest absolute Gasteiger partial charge is 0.233 e. The van der Waals surface area contributed by atoms with Gasteiger partial charge in [0.25, 0.3) is 0 Å². The van der Waals surface area contributed by atoms with Gasteiger partial charge in [0.05, 0.1) is 4.70 Å². The second kappa shape index (κ2) is 8.31. The molecule has 0 atom stereocenters. The summed E-state index contributed by atoms with van der Waals surface area (Å²) >= 11 is 1.28. The zero-order chi connectivity index (χ0) is 20.1. The van der Waals surface area contributed by atoms with E-state index in [1.165, 1.54) is 17.4 Å². The second-order valence-corrected chi connectivity index (χ2v) is 8.44. The highest BCUT2D eigenvalue weighted by Crippen LogP contribution is 2.31. The molecule has 4 N–H and O–H groups in total. The van der Waals surface area contributed by atoms with E-state index in [9.17, 15) is 13.5 Å². The summed E-state index contributed by atoms with van der Waals surface area (Å²) in [5.41, 5.74) is 7.50. The van der Waals surface area contributed by atoms with Crippen LogP contribution in [0.25, 0.3) is 10.2 Å². The number of rotatable bonds is 6. The number of fused-ring (bicyclic) bond motifs is 1. The van der Waals surface area contributed by atoms with Crippen LogP contribution in [0.3, 0.4) is 0 Å². The number of sulfonamides is 1. The summed E-state index contributed by atoms with van der Waals surface area (Å²) in [5, 5.41) is 11.2. The fourth-order valence-electron chi connectivity index (χ4n) is 2.35. The summed E-state index contributed by atoms with van der Waals surface area (Å²) < 4.78 is 31.6. The van der Waals surface area contributed by atoms with Gasteiger partial charge in [-0.05, 0) is 29.8 Å². The van der Waals surface area contributed by atoms with E-state index in [2.05, 4.69) is 28.1 Å². The first-order valence-corrected chi connectivity index (χ1v) is 10.4. The van der Waals surface area contributed by atoms with Crippen molar-refractivity contribution in [2.24, 2.45) is 0 Å². The molecule has 0 unspecified atom stereocenters. The standard InChI is InChI=1S/C19H17N3O4S2/c1-2-28(24,25)21-12-14-5-3-7-15(9-14)26-8-4-6-13-10-16(23)18-17(11-13)27-19(20)22-18/h2-3,5,7,9-11,21,23H,1,8,12H2,(H2,20,22). The molecule has 0 spiro atoms. The first-order valence-electron chi connectivity index (χ1n) is 8.08. The Bertz CT molecular complexity index is 1190. The first kappa shape index (κ1) is 19.7. The van der Waals surface area contributed by atoms with Crippen molar-refractivity contribution in [3.8, 4) is 23.3 Å². The molecule has 1 aromatic heterocycles. The number of hydrogen-bond acceptors (Lipinski definition) is 7. The van der Waals surface area contributed by atoms with E-state index in [1.807, 2.05) is 6.07 Å². The largest absolute Gasteiger partial charge is 0.506 e. The lowest BCUT2D eigenvalue weighted by molar-refractivity contribution is 0.370. The molecule has 0 saturated heterocycles. The fraction of sp³-hybridized carbons (Fsp3) is 0.105. The summed E-state index contributed by atoms with van der Waals surface area (Å²) in [6.45, 7) is 3.51. The summed E-state index contributed by atoms with van der Waals surface area (Å²) in [4.78, 5) is 4.06. The topological polar surface area (TPSA) is 115 Å². The summed E-state index contributed by atoms with van der Waals surface area (Å²) in [7, 11) is -3.48. The van der Waals surface area contributed by atoms with Crippen molar-refractivity contribution < 1.29 is 18.3 Å². The van der Waals surface area contributed by atoms with E-state index in [4.69, 9.17) is 10.5 Å². The van der Waals surface area contributed by atoms with E-state index < -0.39 is 10.0 Å². The van der Waals surface area contributed by atoms with Crippen molar-refractivity contribution >= 4 is 36.7 Å². The first-order chi connectivity index (χ1) is 13.4. The van der Waals surface area contributed by atoms with Crippen LogP contribution in [0.4, 0.5) is 5.13 Å². The molecular formula is C19H17N3O4S2. The quantitative estimate of drug-likeness (QED) is 0.533. The van der Waals surface area contributed by atoms with Crippen LogP contribution >= 0.6 is 11.3 Å². The highest BCUT2D eigenvalue weighted by molar-refractivity contribution is 7.92. The van der Waals surface area contributed by atoms with Crippen LogP contribution in [0.2, 0.25) is 0 Å². The number of nitrogens with two attached hydrogens (primary N) is 1. The number of nitrogens with one attached hydrogen (secondary N) is 1. The van der Waals surface area contributed by atoms with Crippen molar-refractivity contribution in [3.05, 3.63) is 59.5 Å². The molecule has 0 fully saturated rings. The Hall–Kier alpha value is -3.06. The molecule has 0 saturated carbocycles. The summed E-state index contributed by atoms with van der Waals surface area (Å²) in [5.74, 6) is 6.40. The number of hydrogen-bond donors (Lipinski definition) is 3. The maximum atomic E-state index is 11.4. The molecule has 0 aliphatic rings. The predicted molar refractivity (Wildman–Crippen MR) is 110 cm³/mol. The number of aromatic nitrogens is 1. The van der Waals surface area contributed by atoms with E-state index in [0.717, 1.165) is 15.7 Å². The monoisotopic (exact) mass is 415 g/mol. The Morgan fingerprint density at radius 2 is 2.18 bits per heavy atom. The average Bonchev–Trinajstić information content (AvgIpc) is 3.05. The maximum absolute atomic E-state index is 11.4. The highest BCUT2D eigenvalue weighted by Gasteiger charge is 2.07. The number of anilines is 1. The predicted octanol–water partition coefficient (Wildman–Crippen LogP) is 2.58. The SMILES string of the molecule is C=CS(=O)(=O)NCc1cccc(OCC#Cc2cc(O)c3nc(N)sc3c2)c1. The van der Waals surface area contributed by atoms with Crippen LogP contribution in [-0.2, 0) is 16.6 Å². The van der Waals surface area contributed by atoms with E-state index in [1.54, 1.807) is 24.3 Å². The van der Waals surface area contributed by atoms with Gasteiger partial charge in [0, 0.05) is 17.5 Å². The fourth-order valence-corrected chi connectivity index (χ4v) is 3.63. The molecule has 2 aromatic carbocycles. The Morgan fingerprint density at radius 3 is 2.96 bits per heavy atom. The molecule has 0 bridgehead atoms. The third-order valence-electron chi connectivity index (χ3n) is 3.63. The molecule has 9 heteroatoms. The van der Waals surface area contributed by atoms with E-state index in [0.29, 0.717) is 22.0 Å². The highest BCUT2D eigenvalue weighted by atomic mass is 32.2. The Balaban J connectivity index is 1.63. The van der Waals surface area contributed by atoms with Crippen molar-refractivity contribution in [2.45, 2.75) is 6.54 Å². The minimum Gasteiger partial charge on any atom is -0.506 e. The third-order valence-corrected chi connectivity index (χ3v) is 5.45. The normalized spacial score (nSPS) is 11.0. The van der Waals surface area contributed by atoms with Crippen LogP contribution in [0.5, 0.6) is 11.5 Å². The number of nitrogens with zero attached hydrogens (tertiary/aromatic N) is 1. The van der Waals surface area contributed by atoms with Crippen LogP contribution in [0, 0.1) is 11.8 Å². The van der Waals surface area contributed by atoms with Gasteiger partial charge in [0.15, 0.2) is 5.13 Å². The molecule has 144 valence electrons. The van der Waals surface area contributed by atoms with Crippen LogP contribution < -0.4 is 15.2 Å². The molecule has 0 amide bonds. The van der Waals surface area contributed by atoms with Crippen molar-refractivity contribution in [1.29, 1.82) is 0 Å². The number of aromatic hydroxyl groups is 1. The Labute approximate surface area is 166 Å². The Morgan fingerprint density at radius 1 is 1.36 bits per heavy atom. The van der Waals surface area contributed by atoms with Gasteiger partial charge >= 0.3 is 0 Å². The molecule has 0 aliphatic heterocycles. The minimum absolute atomic E-state index is 0.0327. The second-order valence-electron chi connectivity index (χ2n) is 5.66. The molecule has 1 heterocycles. The lowest BCUT2D eigenvalue weighted by Crippen LogP contribution is -2.20. The number of nitrogen functional groups attached to an aromatic ring is 1. The van der Waals surface area contributed by atoms with Crippen LogP contribution in [-0.4, -0.2) is 25.1 Å². The lowest BCUT2D eigenvalue weighted by atomic mass is 10.2.